The largest absolute Gasteiger partial charge is 0.327 e. The van der Waals surface area contributed by atoms with Gasteiger partial charge in [0.1, 0.15) is 0 Å². The van der Waals surface area contributed by atoms with E-state index in [2.05, 4.69) is 22.2 Å². The van der Waals surface area contributed by atoms with Gasteiger partial charge in [-0.3, -0.25) is 4.90 Å². The summed E-state index contributed by atoms with van der Waals surface area (Å²) in [4.78, 5) is 6.75. The Morgan fingerprint density at radius 2 is 2.47 bits per heavy atom. The Hall–Kier alpha value is -0.160. The number of likely N-dealkylation sites (tertiary alicyclic amines) is 1. The van der Waals surface area contributed by atoms with Crippen LogP contribution in [-0.4, -0.2) is 29.0 Å². The highest BCUT2D eigenvalue weighted by molar-refractivity contribution is 7.07. The van der Waals surface area contributed by atoms with Crippen LogP contribution in [0.1, 0.15) is 19.0 Å². The summed E-state index contributed by atoms with van der Waals surface area (Å²) in [7, 11) is 0. The molecule has 1 aliphatic heterocycles. The zero-order valence-electron chi connectivity index (χ0n) is 8.93. The molecule has 1 saturated heterocycles. The minimum absolute atomic E-state index is 0. The maximum absolute atomic E-state index is 5.97. The van der Waals surface area contributed by atoms with Crippen LogP contribution in [0.25, 0.3) is 0 Å². The molecule has 1 aromatic rings. The Labute approximate surface area is 101 Å². The molecule has 0 aliphatic carbocycles. The van der Waals surface area contributed by atoms with Crippen LogP contribution in [0.15, 0.2) is 10.9 Å². The lowest BCUT2D eigenvalue weighted by molar-refractivity contribution is 0.156. The Morgan fingerprint density at radius 1 is 1.67 bits per heavy atom. The third-order valence-corrected chi connectivity index (χ3v) is 3.56. The highest BCUT2D eigenvalue weighted by Gasteiger charge is 2.23. The summed E-state index contributed by atoms with van der Waals surface area (Å²) in [6.45, 7) is 5.44. The van der Waals surface area contributed by atoms with E-state index in [1.165, 1.54) is 5.69 Å². The molecular formula is C10H18ClN3S. The lowest BCUT2D eigenvalue weighted by atomic mass is 9.95. The number of hydrogen-bond donors (Lipinski definition) is 1. The van der Waals surface area contributed by atoms with E-state index in [4.69, 9.17) is 5.73 Å². The summed E-state index contributed by atoms with van der Waals surface area (Å²) in [5, 5.41) is 2.12. The van der Waals surface area contributed by atoms with Crippen molar-refractivity contribution in [3.05, 3.63) is 16.6 Å². The number of nitrogens with two attached hydrogens (primary N) is 1. The molecule has 0 spiro atoms. The van der Waals surface area contributed by atoms with Crippen LogP contribution in [0, 0.1) is 5.92 Å². The van der Waals surface area contributed by atoms with Crippen LogP contribution < -0.4 is 5.73 Å². The number of piperidine rings is 1. The van der Waals surface area contributed by atoms with Crippen molar-refractivity contribution >= 4 is 23.7 Å². The average Bonchev–Trinajstić information content (AvgIpc) is 2.64. The quantitative estimate of drug-likeness (QED) is 0.866. The maximum atomic E-state index is 5.97. The first-order chi connectivity index (χ1) is 6.75. The lowest BCUT2D eigenvalue weighted by Crippen LogP contribution is -2.45. The van der Waals surface area contributed by atoms with E-state index in [9.17, 15) is 0 Å². The number of aromatic nitrogens is 1. The molecule has 1 fully saturated rings. The van der Waals surface area contributed by atoms with Gasteiger partial charge in [0.2, 0.25) is 0 Å². The number of rotatable bonds is 2. The van der Waals surface area contributed by atoms with Gasteiger partial charge in [0.15, 0.2) is 0 Å². The second kappa shape index (κ2) is 5.80. The van der Waals surface area contributed by atoms with Crippen LogP contribution >= 0.6 is 23.7 Å². The Bertz CT molecular complexity index is 278. The van der Waals surface area contributed by atoms with Gasteiger partial charge in [-0.1, -0.05) is 6.92 Å². The van der Waals surface area contributed by atoms with Crippen molar-refractivity contribution < 1.29 is 0 Å². The SMILES string of the molecule is CC1CN(Cc2cscn2)CCC1N.Cl. The molecule has 3 nitrogen and oxygen atoms in total. The van der Waals surface area contributed by atoms with Gasteiger partial charge in [-0.15, -0.1) is 23.7 Å². The van der Waals surface area contributed by atoms with E-state index in [0.717, 1.165) is 26.1 Å². The van der Waals surface area contributed by atoms with E-state index >= 15 is 0 Å². The van der Waals surface area contributed by atoms with Crippen molar-refractivity contribution in [2.45, 2.75) is 25.9 Å². The van der Waals surface area contributed by atoms with Gasteiger partial charge in [0, 0.05) is 31.1 Å². The van der Waals surface area contributed by atoms with E-state index in [1.54, 1.807) is 11.3 Å². The van der Waals surface area contributed by atoms with Crippen LogP contribution in [0.2, 0.25) is 0 Å². The predicted molar refractivity (Wildman–Crippen MR) is 66.4 cm³/mol. The summed E-state index contributed by atoms with van der Waals surface area (Å²) in [6.07, 6.45) is 1.12. The molecule has 0 amide bonds. The molecule has 2 heterocycles. The molecule has 5 heteroatoms. The molecule has 15 heavy (non-hydrogen) atoms. The van der Waals surface area contributed by atoms with Crippen molar-refractivity contribution in [3.8, 4) is 0 Å². The molecule has 2 unspecified atom stereocenters. The topological polar surface area (TPSA) is 42.2 Å². The smallest absolute Gasteiger partial charge is 0.0795 e. The zero-order valence-corrected chi connectivity index (χ0v) is 10.6. The number of nitrogens with zero attached hydrogens (tertiary/aromatic N) is 2. The van der Waals surface area contributed by atoms with Crippen molar-refractivity contribution in [1.29, 1.82) is 0 Å². The molecule has 1 aromatic heterocycles. The first-order valence-corrected chi connectivity index (χ1v) is 6.05. The summed E-state index contributed by atoms with van der Waals surface area (Å²) in [5.74, 6) is 0.613. The Morgan fingerprint density at radius 3 is 3.07 bits per heavy atom. The summed E-state index contributed by atoms with van der Waals surface area (Å²) >= 11 is 1.67. The first kappa shape index (κ1) is 12.9. The van der Waals surface area contributed by atoms with E-state index in [1.807, 2.05) is 5.51 Å². The molecule has 2 atom stereocenters. The minimum atomic E-state index is 0. The zero-order chi connectivity index (χ0) is 9.97. The van der Waals surface area contributed by atoms with Gasteiger partial charge in [-0.25, -0.2) is 4.98 Å². The fourth-order valence-electron chi connectivity index (χ4n) is 1.94. The van der Waals surface area contributed by atoms with Crippen LogP contribution in [-0.2, 0) is 6.54 Å². The molecule has 0 aromatic carbocycles. The minimum Gasteiger partial charge on any atom is -0.327 e. The Balaban J connectivity index is 0.00000112. The molecular weight excluding hydrogens is 230 g/mol. The maximum Gasteiger partial charge on any atom is 0.0795 e. The first-order valence-electron chi connectivity index (χ1n) is 5.10. The van der Waals surface area contributed by atoms with Crippen LogP contribution in [0.5, 0.6) is 0 Å². The van der Waals surface area contributed by atoms with E-state index in [-0.39, 0.29) is 12.4 Å². The highest BCUT2D eigenvalue weighted by atomic mass is 35.5. The second-order valence-electron chi connectivity index (χ2n) is 4.14. The molecule has 86 valence electrons. The van der Waals surface area contributed by atoms with Crippen molar-refractivity contribution in [1.82, 2.24) is 9.88 Å². The predicted octanol–water partition coefficient (Wildman–Crippen LogP) is 1.73. The number of thiazole rings is 1. The lowest BCUT2D eigenvalue weighted by Gasteiger charge is -2.34. The summed E-state index contributed by atoms with van der Waals surface area (Å²) in [5.41, 5.74) is 9.06. The standard InChI is InChI=1S/C10H17N3S.ClH/c1-8-4-13(3-2-10(8)11)5-9-6-14-7-12-9;/h6-8,10H,2-5,11H2,1H3;1H. The summed E-state index contributed by atoms with van der Waals surface area (Å²) < 4.78 is 0. The van der Waals surface area contributed by atoms with Crippen LogP contribution in [0.4, 0.5) is 0 Å². The monoisotopic (exact) mass is 247 g/mol. The van der Waals surface area contributed by atoms with E-state index < -0.39 is 0 Å². The fraction of sp³-hybridized carbons (Fsp3) is 0.700. The highest BCUT2D eigenvalue weighted by Crippen LogP contribution is 2.17. The third-order valence-electron chi connectivity index (χ3n) is 2.92. The van der Waals surface area contributed by atoms with Gasteiger partial charge in [0.25, 0.3) is 0 Å². The molecule has 0 bridgehead atoms. The number of halogens is 1. The molecule has 0 saturated carbocycles. The average molecular weight is 248 g/mol. The van der Waals surface area contributed by atoms with Crippen molar-refractivity contribution in [2.75, 3.05) is 13.1 Å². The molecule has 2 rings (SSSR count). The molecule has 0 radical (unpaired) electrons. The van der Waals surface area contributed by atoms with Crippen molar-refractivity contribution in [2.24, 2.45) is 11.7 Å². The summed E-state index contributed by atoms with van der Waals surface area (Å²) in [6, 6.07) is 0.390. The molecule has 1 aliphatic rings. The van der Waals surface area contributed by atoms with Gasteiger partial charge >= 0.3 is 0 Å². The second-order valence-corrected chi connectivity index (χ2v) is 4.86. The van der Waals surface area contributed by atoms with Crippen molar-refractivity contribution in [3.63, 3.8) is 0 Å². The third kappa shape index (κ3) is 3.41. The van der Waals surface area contributed by atoms with Crippen LogP contribution in [0.3, 0.4) is 0 Å². The Kier molecular flexibility index (Phi) is 4.99. The van der Waals surface area contributed by atoms with E-state index in [0.29, 0.717) is 12.0 Å². The number of hydrogen-bond acceptors (Lipinski definition) is 4. The fourth-order valence-corrected chi connectivity index (χ4v) is 2.49. The molecule has 2 N–H and O–H groups in total. The van der Waals surface area contributed by atoms with Gasteiger partial charge in [-0.2, -0.15) is 0 Å². The van der Waals surface area contributed by atoms with Gasteiger partial charge in [0.05, 0.1) is 11.2 Å². The normalized spacial score (nSPS) is 27.3. The van der Waals surface area contributed by atoms with Gasteiger partial charge < -0.3 is 5.73 Å². The van der Waals surface area contributed by atoms with Gasteiger partial charge in [-0.05, 0) is 12.3 Å².